The Morgan fingerprint density at radius 3 is 2.43 bits per heavy atom. The second-order valence-corrected chi connectivity index (χ2v) is 4.54. The number of nitrogens with one attached hydrogen (secondary N) is 2. The summed E-state index contributed by atoms with van der Waals surface area (Å²) in [6.45, 7) is 2.00. The molecule has 2 N–H and O–H groups in total. The van der Waals surface area contributed by atoms with Gasteiger partial charge in [0, 0.05) is 37.0 Å². The molecule has 6 nitrogen and oxygen atoms in total. The normalized spacial score (nSPS) is 9.95. The largest absolute Gasteiger partial charge is 0.381 e. The van der Waals surface area contributed by atoms with Gasteiger partial charge in [-0.3, -0.25) is 14.9 Å². The lowest BCUT2D eigenvalue weighted by atomic mass is 10.2. The van der Waals surface area contributed by atoms with Crippen molar-refractivity contribution in [2.75, 3.05) is 10.6 Å². The second-order valence-electron chi connectivity index (χ2n) is 4.54. The van der Waals surface area contributed by atoms with Crippen LogP contribution in [0.2, 0.25) is 0 Å². The highest BCUT2D eigenvalue weighted by Gasteiger charge is 2.04. The number of anilines is 2. The number of nitro groups is 1. The van der Waals surface area contributed by atoms with Crippen LogP contribution in [0, 0.1) is 10.1 Å². The van der Waals surface area contributed by atoms with E-state index in [1.165, 1.54) is 19.1 Å². The number of benzene rings is 2. The molecule has 0 bridgehead atoms. The van der Waals surface area contributed by atoms with Gasteiger partial charge in [0.2, 0.25) is 5.91 Å². The van der Waals surface area contributed by atoms with Gasteiger partial charge in [0.25, 0.3) is 5.69 Å². The molecule has 2 rings (SSSR count). The van der Waals surface area contributed by atoms with Crippen LogP contribution in [-0.4, -0.2) is 10.8 Å². The molecule has 0 atom stereocenters. The number of nitrogens with zero attached hydrogens (tertiary/aromatic N) is 1. The van der Waals surface area contributed by atoms with Gasteiger partial charge in [0.05, 0.1) is 4.92 Å². The third kappa shape index (κ3) is 4.31. The Kier molecular flexibility index (Phi) is 4.50. The zero-order chi connectivity index (χ0) is 15.2. The van der Waals surface area contributed by atoms with Crippen LogP contribution in [0.4, 0.5) is 17.1 Å². The molecule has 0 saturated carbocycles. The van der Waals surface area contributed by atoms with Gasteiger partial charge in [0.15, 0.2) is 0 Å². The Balaban J connectivity index is 1.99. The third-order valence-electron chi connectivity index (χ3n) is 2.83. The van der Waals surface area contributed by atoms with Crippen molar-refractivity contribution >= 4 is 23.0 Å². The summed E-state index contributed by atoms with van der Waals surface area (Å²) in [6, 6.07) is 13.7. The van der Waals surface area contributed by atoms with Crippen LogP contribution in [0.15, 0.2) is 48.5 Å². The molecule has 2 aromatic carbocycles. The fourth-order valence-corrected chi connectivity index (χ4v) is 1.85. The Morgan fingerprint density at radius 2 is 1.81 bits per heavy atom. The molecule has 6 heteroatoms. The number of rotatable bonds is 5. The van der Waals surface area contributed by atoms with Crippen LogP contribution in [0.5, 0.6) is 0 Å². The van der Waals surface area contributed by atoms with E-state index in [4.69, 9.17) is 0 Å². The van der Waals surface area contributed by atoms with Gasteiger partial charge in [-0.15, -0.1) is 0 Å². The summed E-state index contributed by atoms with van der Waals surface area (Å²) in [6.07, 6.45) is 0. The van der Waals surface area contributed by atoms with Gasteiger partial charge < -0.3 is 10.6 Å². The average molecular weight is 285 g/mol. The van der Waals surface area contributed by atoms with Crippen LogP contribution in [0.1, 0.15) is 12.5 Å². The Hall–Kier alpha value is -2.89. The van der Waals surface area contributed by atoms with E-state index in [0.29, 0.717) is 6.54 Å². The predicted molar refractivity (Wildman–Crippen MR) is 81.2 cm³/mol. The number of hydrogen-bond acceptors (Lipinski definition) is 4. The molecule has 0 aromatic heterocycles. The van der Waals surface area contributed by atoms with Gasteiger partial charge in [-0.1, -0.05) is 18.2 Å². The highest BCUT2D eigenvalue weighted by Crippen LogP contribution is 2.17. The highest BCUT2D eigenvalue weighted by atomic mass is 16.6. The molecule has 0 unspecified atom stereocenters. The molecule has 0 radical (unpaired) electrons. The van der Waals surface area contributed by atoms with E-state index in [9.17, 15) is 14.9 Å². The molecule has 0 saturated heterocycles. The smallest absolute Gasteiger partial charge is 0.269 e. The van der Waals surface area contributed by atoms with E-state index in [1.807, 2.05) is 18.2 Å². The minimum atomic E-state index is -0.423. The van der Waals surface area contributed by atoms with Crippen molar-refractivity contribution in [1.82, 2.24) is 0 Å². The molecule has 0 heterocycles. The number of non-ortho nitro benzene ring substituents is 1. The molecule has 2 aromatic rings. The highest BCUT2D eigenvalue weighted by molar-refractivity contribution is 5.89. The first kappa shape index (κ1) is 14.5. The lowest BCUT2D eigenvalue weighted by molar-refractivity contribution is -0.384. The fourth-order valence-electron chi connectivity index (χ4n) is 1.85. The summed E-state index contributed by atoms with van der Waals surface area (Å²) in [4.78, 5) is 21.2. The molecule has 0 aliphatic carbocycles. The summed E-state index contributed by atoms with van der Waals surface area (Å²) >= 11 is 0. The van der Waals surface area contributed by atoms with Crippen molar-refractivity contribution in [2.24, 2.45) is 0 Å². The van der Waals surface area contributed by atoms with E-state index in [0.717, 1.165) is 16.9 Å². The summed E-state index contributed by atoms with van der Waals surface area (Å²) in [5.74, 6) is -0.123. The topological polar surface area (TPSA) is 84.3 Å². The van der Waals surface area contributed by atoms with Crippen molar-refractivity contribution in [3.63, 3.8) is 0 Å². The average Bonchev–Trinajstić information content (AvgIpc) is 2.45. The standard InChI is InChI=1S/C15H15N3O3/c1-11(19)17-14-4-2-3-13(9-14)16-10-12-5-7-15(8-6-12)18(20)21/h2-9,16H,10H2,1H3,(H,17,19). The van der Waals surface area contributed by atoms with Crippen molar-refractivity contribution in [2.45, 2.75) is 13.5 Å². The van der Waals surface area contributed by atoms with E-state index in [2.05, 4.69) is 10.6 Å². The van der Waals surface area contributed by atoms with Gasteiger partial charge in [0.1, 0.15) is 0 Å². The van der Waals surface area contributed by atoms with Crippen LogP contribution >= 0.6 is 0 Å². The van der Waals surface area contributed by atoms with Crippen LogP contribution in [0.25, 0.3) is 0 Å². The maximum absolute atomic E-state index is 11.0. The zero-order valence-corrected chi connectivity index (χ0v) is 11.5. The fraction of sp³-hybridized carbons (Fsp3) is 0.133. The minimum Gasteiger partial charge on any atom is -0.381 e. The molecule has 1 amide bonds. The zero-order valence-electron chi connectivity index (χ0n) is 11.5. The summed E-state index contributed by atoms with van der Waals surface area (Å²) in [7, 11) is 0. The molecule has 0 aliphatic heterocycles. The van der Waals surface area contributed by atoms with Gasteiger partial charge >= 0.3 is 0 Å². The SMILES string of the molecule is CC(=O)Nc1cccc(NCc2ccc([N+](=O)[O-])cc2)c1. The first-order valence-electron chi connectivity index (χ1n) is 6.39. The monoisotopic (exact) mass is 285 g/mol. The van der Waals surface area contributed by atoms with E-state index in [-0.39, 0.29) is 11.6 Å². The Bertz CT molecular complexity index is 653. The van der Waals surface area contributed by atoms with Crippen molar-refractivity contribution in [3.05, 3.63) is 64.2 Å². The number of carbonyl (C=O) groups excluding carboxylic acids is 1. The maximum Gasteiger partial charge on any atom is 0.269 e. The van der Waals surface area contributed by atoms with Crippen molar-refractivity contribution in [1.29, 1.82) is 0 Å². The van der Waals surface area contributed by atoms with Crippen molar-refractivity contribution < 1.29 is 9.72 Å². The molecule has 108 valence electrons. The predicted octanol–water partition coefficient (Wildman–Crippen LogP) is 3.17. The Labute approximate surface area is 121 Å². The summed E-state index contributed by atoms with van der Waals surface area (Å²) in [5, 5.41) is 16.5. The van der Waals surface area contributed by atoms with Gasteiger partial charge in [-0.05, 0) is 23.8 Å². The number of carbonyl (C=O) groups is 1. The summed E-state index contributed by atoms with van der Waals surface area (Å²) in [5.41, 5.74) is 2.59. The van der Waals surface area contributed by atoms with E-state index in [1.54, 1.807) is 18.2 Å². The second kappa shape index (κ2) is 6.51. The molecular formula is C15H15N3O3. The van der Waals surface area contributed by atoms with Gasteiger partial charge in [-0.25, -0.2) is 0 Å². The molecular weight excluding hydrogens is 270 g/mol. The number of nitro benzene ring substituents is 1. The maximum atomic E-state index is 11.0. The molecule has 0 spiro atoms. The third-order valence-corrected chi connectivity index (χ3v) is 2.83. The lowest BCUT2D eigenvalue weighted by Gasteiger charge is -2.08. The number of hydrogen-bond donors (Lipinski definition) is 2. The van der Waals surface area contributed by atoms with Crippen molar-refractivity contribution in [3.8, 4) is 0 Å². The lowest BCUT2D eigenvalue weighted by Crippen LogP contribution is -2.06. The molecule has 21 heavy (non-hydrogen) atoms. The number of amides is 1. The summed E-state index contributed by atoms with van der Waals surface area (Å²) < 4.78 is 0. The van der Waals surface area contributed by atoms with Crippen LogP contribution in [-0.2, 0) is 11.3 Å². The first-order valence-corrected chi connectivity index (χ1v) is 6.39. The van der Waals surface area contributed by atoms with E-state index < -0.39 is 4.92 Å². The molecule has 0 aliphatic rings. The first-order chi connectivity index (χ1) is 10.0. The van der Waals surface area contributed by atoms with Crippen LogP contribution in [0.3, 0.4) is 0 Å². The molecule has 0 fully saturated rings. The quantitative estimate of drug-likeness (QED) is 0.652. The minimum absolute atomic E-state index is 0.0754. The van der Waals surface area contributed by atoms with Gasteiger partial charge in [-0.2, -0.15) is 0 Å². The van der Waals surface area contributed by atoms with Crippen LogP contribution < -0.4 is 10.6 Å². The van der Waals surface area contributed by atoms with E-state index >= 15 is 0 Å². The Morgan fingerprint density at radius 1 is 1.14 bits per heavy atom.